The molecule has 2 aliphatic rings. The van der Waals surface area contributed by atoms with Crippen LogP contribution in [0, 0.1) is 0 Å². The van der Waals surface area contributed by atoms with Gasteiger partial charge in [-0.3, -0.25) is 4.40 Å². The molecule has 0 bridgehead atoms. The van der Waals surface area contributed by atoms with Crippen LogP contribution < -0.4 is 0 Å². The maximum atomic E-state index is 4.82. The van der Waals surface area contributed by atoms with Crippen molar-refractivity contribution in [2.45, 2.75) is 12.8 Å². The van der Waals surface area contributed by atoms with E-state index < -0.39 is 0 Å². The summed E-state index contributed by atoms with van der Waals surface area (Å²) in [7, 11) is 0. The largest absolute Gasteiger partial charge is 0.299 e. The molecule has 0 N–H and O–H groups in total. The van der Waals surface area contributed by atoms with E-state index in [4.69, 9.17) is 4.98 Å². The van der Waals surface area contributed by atoms with E-state index in [1.807, 2.05) is 6.20 Å². The molecule has 0 amide bonds. The van der Waals surface area contributed by atoms with Gasteiger partial charge in [0.1, 0.15) is 5.65 Å². The Morgan fingerprint density at radius 2 is 1.42 bits per heavy atom. The molecule has 0 radical (unpaired) electrons. The predicted molar refractivity (Wildman–Crippen MR) is 127 cm³/mol. The maximum Gasteiger partial charge on any atom is 0.145 e. The summed E-state index contributed by atoms with van der Waals surface area (Å²) >= 11 is 0. The molecule has 31 heavy (non-hydrogen) atoms. The lowest BCUT2D eigenvalue weighted by atomic mass is 9.93. The highest BCUT2D eigenvalue weighted by atomic mass is 15.0. The standard InChI is InChI=1S/C29H18N2/c1-3-7-20-18(6-1)16-25-22(20)11-12-23-27-24(29-30-13-14-31(29)28(23)25)10-9-19-15-17-5-2-4-8-21(17)26(19)27/h1-14H,15-16H2. The Balaban J connectivity index is 1.61. The average molecular weight is 394 g/mol. The van der Waals surface area contributed by atoms with Gasteiger partial charge < -0.3 is 0 Å². The Bertz CT molecular complexity index is 1740. The van der Waals surface area contributed by atoms with Crippen LogP contribution in [-0.4, -0.2) is 9.38 Å². The van der Waals surface area contributed by atoms with E-state index >= 15 is 0 Å². The molecule has 0 atom stereocenters. The van der Waals surface area contributed by atoms with Gasteiger partial charge in [0.05, 0.1) is 5.52 Å². The molecule has 0 aliphatic heterocycles. The van der Waals surface area contributed by atoms with Crippen LogP contribution in [0.4, 0.5) is 0 Å². The van der Waals surface area contributed by atoms with Gasteiger partial charge in [0.25, 0.3) is 0 Å². The summed E-state index contributed by atoms with van der Waals surface area (Å²) in [5, 5.41) is 3.93. The third-order valence-electron chi connectivity index (χ3n) is 7.31. The van der Waals surface area contributed by atoms with Gasteiger partial charge in [0.2, 0.25) is 0 Å². The number of hydrogen-bond donors (Lipinski definition) is 0. The fourth-order valence-corrected chi connectivity index (χ4v) is 6.05. The summed E-state index contributed by atoms with van der Waals surface area (Å²) in [4.78, 5) is 4.82. The Labute approximate surface area is 179 Å². The fraction of sp³-hybridized carbons (Fsp3) is 0.0690. The lowest BCUT2D eigenvalue weighted by Gasteiger charge is -2.15. The molecular formula is C29H18N2. The minimum absolute atomic E-state index is 0.979. The van der Waals surface area contributed by atoms with E-state index in [1.54, 1.807) is 0 Å². The van der Waals surface area contributed by atoms with Crippen LogP contribution in [-0.2, 0) is 12.8 Å². The molecule has 8 rings (SSSR count). The number of aromatic nitrogens is 2. The summed E-state index contributed by atoms with van der Waals surface area (Å²) in [6.45, 7) is 0. The van der Waals surface area contributed by atoms with Crippen molar-refractivity contribution in [1.82, 2.24) is 9.38 Å². The molecule has 2 aliphatic carbocycles. The van der Waals surface area contributed by atoms with Crippen LogP contribution in [0.2, 0.25) is 0 Å². The smallest absolute Gasteiger partial charge is 0.145 e. The zero-order valence-corrected chi connectivity index (χ0v) is 16.9. The predicted octanol–water partition coefficient (Wildman–Crippen LogP) is 6.78. The summed E-state index contributed by atoms with van der Waals surface area (Å²) < 4.78 is 2.32. The third-order valence-corrected chi connectivity index (χ3v) is 7.31. The van der Waals surface area contributed by atoms with Gasteiger partial charge in [0, 0.05) is 35.0 Å². The zero-order chi connectivity index (χ0) is 20.1. The first-order chi connectivity index (χ1) is 15.4. The normalized spacial score (nSPS) is 13.5. The molecule has 0 saturated carbocycles. The Kier molecular flexibility index (Phi) is 2.77. The first-order valence-corrected chi connectivity index (χ1v) is 10.9. The number of rotatable bonds is 0. The minimum Gasteiger partial charge on any atom is -0.299 e. The van der Waals surface area contributed by atoms with Gasteiger partial charge in [-0.25, -0.2) is 4.98 Å². The van der Waals surface area contributed by atoms with Gasteiger partial charge in [-0.2, -0.15) is 0 Å². The van der Waals surface area contributed by atoms with Crippen LogP contribution >= 0.6 is 0 Å². The lowest BCUT2D eigenvalue weighted by Crippen LogP contribution is -1.97. The Morgan fingerprint density at radius 1 is 0.645 bits per heavy atom. The lowest BCUT2D eigenvalue weighted by molar-refractivity contribution is 1.21. The number of benzene rings is 4. The summed E-state index contributed by atoms with van der Waals surface area (Å²) in [5.74, 6) is 0. The van der Waals surface area contributed by atoms with Crippen molar-refractivity contribution in [3.8, 4) is 22.3 Å². The van der Waals surface area contributed by atoms with Gasteiger partial charge in [-0.1, -0.05) is 72.8 Å². The number of fused-ring (bicyclic) bond motifs is 14. The second kappa shape index (κ2) is 5.41. The molecular weight excluding hydrogens is 376 g/mol. The van der Waals surface area contributed by atoms with E-state index in [9.17, 15) is 0 Å². The maximum absolute atomic E-state index is 4.82. The second-order valence-electron chi connectivity index (χ2n) is 8.80. The zero-order valence-electron chi connectivity index (χ0n) is 16.9. The molecule has 0 fully saturated rings. The topological polar surface area (TPSA) is 17.3 Å². The van der Waals surface area contributed by atoms with Gasteiger partial charge in [-0.15, -0.1) is 0 Å². The van der Waals surface area contributed by atoms with E-state index in [0.717, 1.165) is 18.5 Å². The van der Waals surface area contributed by atoms with E-state index in [1.165, 1.54) is 66.2 Å². The fourth-order valence-electron chi connectivity index (χ4n) is 6.05. The van der Waals surface area contributed by atoms with Crippen molar-refractivity contribution in [2.24, 2.45) is 0 Å². The first kappa shape index (κ1) is 15.9. The van der Waals surface area contributed by atoms with Crippen molar-refractivity contribution in [3.05, 3.63) is 107 Å². The number of pyridine rings is 1. The first-order valence-electron chi connectivity index (χ1n) is 10.9. The molecule has 4 aromatic carbocycles. The molecule has 0 unspecified atom stereocenters. The third kappa shape index (κ3) is 1.87. The minimum atomic E-state index is 0.979. The molecule has 0 spiro atoms. The molecule has 2 heteroatoms. The summed E-state index contributed by atoms with van der Waals surface area (Å²) in [6.07, 6.45) is 6.06. The van der Waals surface area contributed by atoms with Crippen molar-refractivity contribution in [1.29, 1.82) is 0 Å². The van der Waals surface area contributed by atoms with Crippen molar-refractivity contribution < 1.29 is 0 Å². The van der Waals surface area contributed by atoms with Crippen molar-refractivity contribution >= 4 is 27.3 Å². The van der Waals surface area contributed by atoms with E-state index in [0.29, 0.717) is 0 Å². The molecule has 6 aromatic rings. The van der Waals surface area contributed by atoms with Crippen LogP contribution in [0.3, 0.4) is 0 Å². The second-order valence-corrected chi connectivity index (χ2v) is 8.80. The number of nitrogens with zero attached hydrogens (tertiary/aromatic N) is 2. The van der Waals surface area contributed by atoms with E-state index in [2.05, 4.69) is 83.4 Å². The Hall–Kier alpha value is -3.91. The molecule has 2 aromatic heterocycles. The number of hydrogen-bond acceptors (Lipinski definition) is 1. The van der Waals surface area contributed by atoms with Gasteiger partial charge in [-0.05, 0) is 50.9 Å². The van der Waals surface area contributed by atoms with Gasteiger partial charge in [0.15, 0.2) is 0 Å². The van der Waals surface area contributed by atoms with Crippen LogP contribution in [0.15, 0.2) is 85.2 Å². The summed E-state index contributed by atoms with van der Waals surface area (Å²) in [6, 6.07) is 27.0. The molecule has 0 saturated heterocycles. The van der Waals surface area contributed by atoms with E-state index in [-0.39, 0.29) is 0 Å². The van der Waals surface area contributed by atoms with Crippen LogP contribution in [0.5, 0.6) is 0 Å². The average Bonchev–Trinajstić information content (AvgIpc) is 3.53. The Morgan fingerprint density at radius 3 is 2.32 bits per heavy atom. The van der Waals surface area contributed by atoms with Crippen molar-refractivity contribution in [3.63, 3.8) is 0 Å². The SMILES string of the molecule is c1ccc2c(c1)Cc1c-2ccc2c3c4c(ccc3c3nccn3c12)Cc1ccccc1-4. The quantitative estimate of drug-likeness (QED) is 0.259. The molecule has 144 valence electrons. The van der Waals surface area contributed by atoms with Crippen LogP contribution in [0.25, 0.3) is 49.6 Å². The monoisotopic (exact) mass is 394 g/mol. The highest BCUT2D eigenvalue weighted by Gasteiger charge is 2.26. The molecule has 2 heterocycles. The summed E-state index contributed by atoms with van der Waals surface area (Å²) in [5.41, 5.74) is 13.6. The molecule has 2 nitrogen and oxygen atoms in total. The van der Waals surface area contributed by atoms with Crippen LogP contribution in [0.1, 0.15) is 22.3 Å². The highest BCUT2D eigenvalue weighted by Crippen LogP contribution is 2.47. The van der Waals surface area contributed by atoms with Crippen molar-refractivity contribution in [2.75, 3.05) is 0 Å². The highest BCUT2D eigenvalue weighted by molar-refractivity contribution is 6.20. The number of imidazole rings is 1. The van der Waals surface area contributed by atoms with Gasteiger partial charge >= 0.3 is 0 Å².